The molecular weight excluding hydrogens is 264 g/mol. The summed E-state index contributed by atoms with van der Waals surface area (Å²) in [5.41, 5.74) is 1.66. The number of aliphatic hydroxyl groups excluding tert-OH is 1. The minimum atomic E-state index is -0.274. The molecule has 2 aromatic rings. The topological polar surface area (TPSA) is 78.1 Å². The quantitative estimate of drug-likeness (QED) is 0.743. The highest BCUT2D eigenvalue weighted by Gasteiger charge is 2.10. The minimum absolute atomic E-state index is 0.100. The predicted octanol–water partition coefficient (Wildman–Crippen LogP) is 1.64. The summed E-state index contributed by atoms with van der Waals surface area (Å²) in [6, 6.07) is 7.27. The van der Waals surface area contributed by atoms with Gasteiger partial charge in [-0.15, -0.1) is 0 Å². The Hall–Kier alpha value is -1.92. The Morgan fingerprint density at radius 2 is 1.95 bits per heavy atom. The van der Waals surface area contributed by atoms with E-state index in [2.05, 4.69) is 9.97 Å². The molecule has 0 saturated heterocycles. The summed E-state index contributed by atoms with van der Waals surface area (Å²) < 4.78 is 5.35. The second kappa shape index (κ2) is 5.81. The summed E-state index contributed by atoms with van der Waals surface area (Å²) in [5.74, 6) is 0.732. The van der Waals surface area contributed by atoms with Gasteiger partial charge < -0.3 is 14.8 Å². The average molecular weight is 278 g/mol. The van der Waals surface area contributed by atoms with Crippen LogP contribution >= 0.6 is 12.2 Å². The number of hydrogen-bond acceptors (Lipinski definition) is 4. The van der Waals surface area contributed by atoms with Crippen LogP contribution in [0.4, 0.5) is 0 Å². The fraction of sp³-hybridized carbons (Fsp3) is 0.231. The van der Waals surface area contributed by atoms with Crippen molar-refractivity contribution in [3.8, 4) is 17.0 Å². The van der Waals surface area contributed by atoms with Crippen molar-refractivity contribution in [3.05, 3.63) is 45.0 Å². The van der Waals surface area contributed by atoms with Gasteiger partial charge in [-0.25, -0.2) is 0 Å². The lowest BCUT2D eigenvalue weighted by Crippen LogP contribution is -2.17. The van der Waals surface area contributed by atoms with E-state index in [9.17, 15) is 4.79 Å². The Morgan fingerprint density at radius 3 is 2.53 bits per heavy atom. The highest BCUT2D eigenvalue weighted by atomic mass is 32.1. The van der Waals surface area contributed by atoms with Gasteiger partial charge in [-0.05, 0) is 42.0 Å². The van der Waals surface area contributed by atoms with Gasteiger partial charge in [0.05, 0.1) is 12.8 Å². The van der Waals surface area contributed by atoms with E-state index in [0.717, 1.165) is 11.3 Å². The summed E-state index contributed by atoms with van der Waals surface area (Å²) in [5, 5.41) is 9.05. The van der Waals surface area contributed by atoms with Gasteiger partial charge >= 0.3 is 0 Å². The second-order valence-electron chi connectivity index (χ2n) is 3.96. The molecule has 0 fully saturated rings. The number of methoxy groups -OCH3 is 1. The molecule has 0 radical (unpaired) electrons. The van der Waals surface area contributed by atoms with E-state index in [4.69, 9.17) is 22.1 Å². The van der Waals surface area contributed by atoms with Crippen LogP contribution in [0.3, 0.4) is 0 Å². The van der Waals surface area contributed by atoms with Crippen molar-refractivity contribution < 1.29 is 9.84 Å². The van der Waals surface area contributed by atoms with Crippen LogP contribution in [-0.4, -0.2) is 28.8 Å². The van der Waals surface area contributed by atoms with E-state index >= 15 is 0 Å². The van der Waals surface area contributed by atoms with E-state index in [1.54, 1.807) is 19.2 Å². The molecule has 5 nitrogen and oxygen atoms in total. The SMILES string of the molecule is COc1ccc(-c2[nH]c(=S)[nH]c(=O)c2CCO)cc1. The molecule has 0 spiro atoms. The molecular formula is C13H14N2O3S. The van der Waals surface area contributed by atoms with Crippen molar-refractivity contribution in [3.63, 3.8) is 0 Å². The first-order chi connectivity index (χ1) is 9.15. The molecule has 0 atom stereocenters. The molecule has 1 aromatic heterocycles. The molecule has 0 aliphatic rings. The maximum atomic E-state index is 11.9. The number of nitrogens with one attached hydrogen (secondary N) is 2. The van der Waals surface area contributed by atoms with Gasteiger partial charge in [0.1, 0.15) is 5.75 Å². The fourth-order valence-electron chi connectivity index (χ4n) is 1.87. The van der Waals surface area contributed by atoms with Crippen LogP contribution in [-0.2, 0) is 6.42 Å². The van der Waals surface area contributed by atoms with E-state index in [-0.39, 0.29) is 23.4 Å². The van der Waals surface area contributed by atoms with Crippen LogP contribution < -0.4 is 10.3 Å². The van der Waals surface area contributed by atoms with Crippen molar-refractivity contribution in [2.24, 2.45) is 0 Å². The van der Waals surface area contributed by atoms with Crippen molar-refractivity contribution >= 4 is 12.2 Å². The number of ether oxygens (including phenoxy) is 1. The standard InChI is InChI=1S/C13H14N2O3S/c1-18-9-4-2-8(3-5-9)11-10(6-7-16)12(17)15-13(19)14-11/h2-5,16H,6-7H2,1H3,(H2,14,15,17,19). The van der Waals surface area contributed by atoms with Gasteiger partial charge in [0.15, 0.2) is 4.77 Å². The third-order valence-electron chi connectivity index (χ3n) is 2.78. The van der Waals surface area contributed by atoms with E-state index in [0.29, 0.717) is 11.3 Å². The van der Waals surface area contributed by atoms with Gasteiger partial charge in [-0.1, -0.05) is 0 Å². The highest BCUT2D eigenvalue weighted by Crippen LogP contribution is 2.22. The molecule has 0 unspecified atom stereocenters. The number of aromatic amines is 2. The van der Waals surface area contributed by atoms with E-state index in [1.165, 1.54) is 0 Å². The Bertz CT molecular complexity index is 674. The molecule has 0 aliphatic carbocycles. The van der Waals surface area contributed by atoms with Crippen LogP contribution in [0, 0.1) is 4.77 Å². The first-order valence-electron chi connectivity index (χ1n) is 5.76. The Morgan fingerprint density at radius 1 is 1.26 bits per heavy atom. The van der Waals surface area contributed by atoms with Gasteiger partial charge in [0, 0.05) is 18.6 Å². The van der Waals surface area contributed by atoms with Gasteiger partial charge in [0.2, 0.25) is 0 Å². The van der Waals surface area contributed by atoms with Crippen molar-refractivity contribution in [1.29, 1.82) is 0 Å². The smallest absolute Gasteiger partial charge is 0.255 e. The zero-order valence-corrected chi connectivity index (χ0v) is 11.2. The third-order valence-corrected chi connectivity index (χ3v) is 2.99. The van der Waals surface area contributed by atoms with Crippen LogP contribution in [0.25, 0.3) is 11.3 Å². The number of H-pyrrole nitrogens is 2. The highest BCUT2D eigenvalue weighted by molar-refractivity contribution is 7.71. The second-order valence-corrected chi connectivity index (χ2v) is 4.37. The fourth-order valence-corrected chi connectivity index (χ4v) is 2.06. The van der Waals surface area contributed by atoms with E-state index < -0.39 is 0 Å². The number of hydrogen-bond donors (Lipinski definition) is 3. The molecule has 1 aromatic carbocycles. The van der Waals surface area contributed by atoms with Gasteiger partial charge in [-0.2, -0.15) is 0 Å². The Balaban J connectivity index is 2.59. The lowest BCUT2D eigenvalue weighted by Gasteiger charge is -2.08. The third kappa shape index (κ3) is 2.91. The lowest BCUT2D eigenvalue weighted by atomic mass is 10.0. The molecule has 19 heavy (non-hydrogen) atoms. The lowest BCUT2D eigenvalue weighted by molar-refractivity contribution is 0.299. The van der Waals surface area contributed by atoms with Gasteiger partial charge in [0.25, 0.3) is 5.56 Å². The molecule has 3 N–H and O–H groups in total. The first-order valence-corrected chi connectivity index (χ1v) is 6.17. The molecule has 1 heterocycles. The van der Waals surface area contributed by atoms with Crippen LogP contribution in [0.5, 0.6) is 5.75 Å². The van der Waals surface area contributed by atoms with Crippen LogP contribution in [0.2, 0.25) is 0 Å². The van der Waals surface area contributed by atoms with Crippen molar-refractivity contribution in [2.45, 2.75) is 6.42 Å². The predicted molar refractivity (Wildman–Crippen MR) is 75.0 cm³/mol. The summed E-state index contributed by atoms with van der Waals surface area (Å²) in [6.07, 6.45) is 0.267. The number of benzene rings is 1. The number of rotatable bonds is 4. The summed E-state index contributed by atoms with van der Waals surface area (Å²) >= 11 is 4.98. The summed E-state index contributed by atoms with van der Waals surface area (Å²) in [6.45, 7) is -0.100. The van der Waals surface area contributed by atoms with Crippen LogP contribution in [0.1, 0.15) is 5.56 Å². The zero-order chi connectivity index (χ0) is 13.8. The Kier molecular flexibility index (Phi) is 4.13. The van der Waals surface area contributed by atoms with Gasteiger partial charge in [-0.3, -0.25) is 9.78 Å². The normalized spacial score (nSPS) is 10.4. The molecule has 0 amide bonds. The maximum Gasteiger partial charge on any atom is 0.255 e. The summed E-state index contributed by atoms with van der Waals surface area (Å²) in [7, 11) is 1.59. The maximum absolute atomic E-state index is 11.9. The monoisotopic (exact) mass is 278 g/mol. The van der Waals surface area contributed by atoms with E-state index in [1.807, 2.05) is 12.1 Å². The Labute approximate surface area is 114 Å². The molecule has 2 rings (SSSR count). The number of aliphatic hydroxyl groups is 1. The first kappa shape index (κ1) is 13.5. The molecule has 100 valence electrons. The zero-order valence-electron chi connectivity index (χ0n) is 10.4. The minimum Gasteiger partial charge on any atom is -0.497 e. The molecule has 0 bridgehead atoms. The average Bonchev–Trinajstić information content (AvgIpc) is 2.42. The molecule has 0 saturated carbocycles. The summed E-state index contributed by atoms with van der Waals surface area (Å²) in [4.78, 5) is 17.4. The molecule has 6 heteroatoms. The van der Waals surface area contributed by atoms with Crippen LogP contribution in [0.15, 0.2) is 29.1 Å². The number of aromatic nitrogens is 2. The molecule has 0 aliphatic heterocycles. The van der Waals surface area contributed by atoms with Crippen molar-refractivity contribution in [2.75, 3.05) is 13.7 Å². The van der Waals surface area contributed by atoms with Crippen molar-refractivity contribution in [1.82, 2.24) is 9.97 Å². The largest absolute Gasteiger partial charge is 0.497 e.